The minimum absolute atomic E-state index is 0.0846. The third-order valence-electron chi connectivity index (χ3n) is 5.01. The van der Waals surface area contributed by atoms with Gasteiger partial charge in [-0.1, -0.05) is 36.4 Å². The molecule has 0 unspecified atom stereocenters. The molecular weight excluding hydrogens is 328 g/mol. The predicted octanol–water partition coefficient (Wildman–Crippen LogP) is 4.44. The summed E-state index contributed by atoms with van der Waals surface area (Å²) < 4.78 is 10.6. The average molecular weight is 348 g/mol. The molecule has 1 heterocycles. The van der Waals surface area contributed by atoms with E-state index in [9.17, 15) is 9.59 Å². The Balaban J connectivity index is 1.76. The van der Waals surface area contributed by atoms with Crippen LogP contribution >= 0.6 is 0 Å². The molecule has 1 saturated carbocycles. The lowest BCUT2D eigenvalue weighted by molar-refractivity contribution is -0.144. The highest BCUT2D eigenvalue weighted by Crippen LogP contribution is 2.48. The van der Waals surface area contributed by atoms with Crippen LogP contribution in [0.15, 0.2) is 57.7 Å². The van der Waals surface area contributed by atoms with Crippen LogP contribution in [0.5, 0.6) is 0 Å². The van der Waals surface area contributed by atoms with Crippen molar-refractivity contribution < 1.29 is 13.9 Å². The number of carbonyl (C=O) groups excluding carboxylic acids is 1. The normalized spacial score (nSPS) is 18.7. The number of aryl methyl sites for hydroxylation is 1. The van der Waals surface area contributed by atoms with Crippen LogP contribution in [0.4, 0.5) is 0 Å². The molecule has 132 valence electrons. The minimum Gasteiger partial charge on any atom is -0.466 e. The van der Waals surface area contributed by atoms with Gasteiger partial charge in [-0.25, -0.2) is 4.79 Å². The summed E-state index contributed by atoms with van der Waals surface area (Å²) in [4.78, 5) is 24.0. The van der Waals surface area contributed by atoms with Crippen molar-refractivity contribution in [3.63, 3.8) is 0 Å². The van der Waals surface area contributed by atoms with Crippen molar-refractivity contribution in [3.05, 3.63) is 70.1 Å². The molecule has 0 aliphatic heterocycles. The van der Waals surface area contributed by atoms with E-state index in [1.807, 2.05) is 56.3 Å². The molecule has 4 nitrogen and oxygen atoms in total. The second-order valence-electron chi connectivity index (χ2n) is 6.75. The monoisotopic (exact) mass is 348 g/mol. The van der Waals surface area contributed by atoms with E-state index in [2.05, 4.69) is 0 Å². The molecule has 3 aromatic rings. The van der Waals surface area contributed by atoms with E-state index in [4.69, 9.17) is 9.15 Å². The number of rotatable bonds is 4. The van der Waals surface area contributed by atoms with Crippen molar-refractivity contribution in [2.75, 3.05) is 6.61 Å². The first kappa shape index (κ1) is 16.6. The number of carbonyl (C=O) groups is 1. The van der Waals surface area contributed by atoms with Gasteiger partial charge in [-0.15, -0.1) is 0 Å². The van der Waals surface area contributed by atoms with E-state index in [1.165, 1.54) is 0 Å². The number of fused-ring (bicyclic) bond motifs is 1. The molecule has 2 atom stereocenters. The topological polar surface area (TPSA) is 56.5 Å². The number of benzene rings is 2. The number of hydrogen-bond donors (Lipinski definition) is 0. The molecule has 1 aliphatic carbocycles. The summed E-state index contributed by atoms with van der Waals surface area (Å²) in [7, 11) is 0. The van der Waals surface area contributed by atoms with Crippen molar-refractivity contribution >= 4 is 16.9 Å². The highest BCUT2D eigenvalue weighted by Gasteiger charge is 2.45. The van der Waals surface area contributed by atoms with Gasteiger partial charge in [0, 0.05) is 17.0 Å². The van der Waals surface area contributed by atoms with Gasteiger partial charge in [0.15, 0.2) is 0 Å². The SMILES string of the molecule is CCOC(=O)[C@@H]1C[C@@H]1c1ccc2c(-c3ccccc3C)cc(=O)oc2c1. The Labute approximate surface area is 151 Å². The van der Waals surface area contributed by atoms with Gasteiger partial charge in [0.25, 0.3) is 0 Å². The number of ether oxygens (including phenoxy) is 1. The number of esters is 1. The van der Waals surface area contributed by atoms with Crippen molar-refractivity contribution in [2.24, 2.45) is 5.92 Å². The van der Waals surface area contributed by atoms with Gasteiger partial charge in [-0.3, -0.25) is 4.79 Å². The fourth-order valence-corrected chi connectivity index (χ4v) is 3.58. The zero-order chi connectivity index (χ0) is 18.3. The largest absolute Gasteiger partial charge is 0.466 e. The van der Waals surface area contributed by atoms with Crippen LogP contribution in [0.2, 0.25) is 0 Å². The zero-order valence-corrected chi connectivity index (χ0v) is 14.8. The maximum Gasteiger partial charge on any atom is 0.336 e. The molecule has 1 aromatic heterocycles. The van der Waals surface area contributed by atoms with Crippen LogP contribution in [0.25, 0.3) is 22.1 Å². The quantitative estimate of drug-likeness (QED) is 0.517. The maximum absolute atomic E-state index is 12.1. The van der Waals surface area contributed by atoms with Crippen molar-refractivity contribution in [1.29, 1.82) is 0 Å². The standard InChI is InChI=1S/C22H20O4/c1-3-25-22(24)19-11-17(19)14-8-9-16-18(12-21(23)26-20(16)10-14)15-7-5-4-6-13(15)2/h4-10,12,17,19H,3,11H2,1-2H3/t17-,19-/m1/s1. The Kier molecular flexibility index (Phi) is 4.11. The summed E-state index contributed by atoms with van der Waals surface area (Å²) in [5.74, 6) is -0.0859. The molecule has 1 aliphatic rings. The Morgan fingerprint density at radius 2 is 1.96 bits per heavy atom. The van der Waals surface area contributed by atoms with E-state index >= 15 is 0 Å². The fraction of sp³-hybridized carbons (Fsp3) is 0.273. The second kappa shape index (κ2) is 6.45. The Morgan fingerprint density at radius 3 is 2.73 bits per heavy atom. The molecule has 4 heteroatoms. The van der Waals surface area contributed by atoms with Crippen LogP contribution in [-0.2, 0) is 9.53 Å². The van der Waals surface area contributed by atoms with Gasteiger partial charge in [-0.2, -0.15) is 0 Å². The molecule has 0 saturated heterocycles. The third kappa shape index (κ3) is 2.92. The van der Waals surface area contributed by atoms with Crippen LogP contribution in [-0.4, -0.2) is 12.6 Å². The minimum atomic E-state index is -0.370. The first-order chi connectivity index (χ1) is 12.6. The summed E-state index contributed by atoms with van der Waals surface area (Å²) >= 11 is 0. The highest BCUT2D eigenvalue weighted by molar-refractivity contribution is 5.94. The molecule has 2 aromatic carbocycles. The van der Waals surface area contributed by atoms with Crippen LogP contribution < -0.4 is 5.63 Å². The summed E-state index contributed by atoms with van der Waals surface area (Å²) in [6.45, 7) is 4.24. The van der Waals surface area contributed by atoms with E-state index in [0.29, 0.717) is 12.2 Å². The van der Waals surface area contributed by atoms with Gasteiger partial charge >= 0.3 is 11.6 Å². The maximum atomic E-state index is 12.1. The molecule has 0 N–H and O–H groups in total. The van der Waals surface area contributed by atoms with Crippen LogP contribution in [0.3, 0.4) is 0 Å². The van der Waals surface area contributed by atoms with E-state index in [-0.39, 0.29) is 23.4 Å². The molecule has 4 rings (SSSR count). The van der Waals surface area contributed by atoms with Crippen molar-refractivity contribution in [2.45, 2.75) is 26.2 Å². The molecule has 0 spiro atoms. The second-order valence-corrected chi connectivity index (χ2v) is 6.75. The predicted molar refractivity (Wildman–Crippen MR) is 100 cm³/mol. The highest BCUT2D eigenvalue weighted by atomic mass is 16.5. The Bertz CT molecular complexity index is 1050. The summed E-state index contributed by atoms with van der Waals surface area (Å²) in [6, 6.07) is 15.4. The lowest BCUT2D eigenvalue weighted by atomic mass is 9.96. The first-order valence-electron chi connectivity index (χ1n) is 8.89. The molecule has 26 heavy (non-hydrogen) atoms. The lowest BCUT2D eigenvalue weighted by Gasteiger charge is -2.10. The third-order valence-corrected chi connectivity index (χ3v) is 5.01. The van der Waals surface area contributed by atoms with Gasteiger partial charge in [0.05, 0.1) is 12.5 Å². The summed E-state index contributed by atoms with van der Waals surface area (Å²) in [6.07, 6.45) is 0.784. The molecule has 0 amide bonds. The van der Waals surface area contributed by atoms with Crippen LogP contribution in [0.1, 0.15) is 30.4 Å². The fourth-order valence-electron chi connectivity index (χ4n) is 3.58. The number of hydrogen-bond acceptors (Lipinski definition) is 4. The molecule has 0 radical (unpaired) electrons. The van der Waals surface area contributed by atoms with Gasteiger partial charge in [-0.05, 0) is 48.9 Å². The van der Waals surface area contributed by atoms with Crippen molar-refractivity contribution in [3.8, 4) is 11.1 Å². The summed E-state index contributed by atoms with van der Waals surface area (Å²) in [5.41, 5.74) is 4.20. The van der Waals surface area contributed by atoms with Crippen molar-refractivity contribution in [1.82, 2.24) is 0 Å². The van der Waals surface area contributed by atoms with Gasteiger partial charge in [0.1, 0.15) is 5.58 Å². The molecule has 0 bridgehead atoms. The van der Waals surface area contributed by atoms with Crippen LogP contribution in [0, 0.1) is 12.8 Å². The smallest absolute Gasteiger partial charge is 0.336 e. The lowest BCUT2D eigenvalue weighted by Crippen LogP contribution is -2.07. The Morgan fingerprint density at radius 1 is 1.15 bits per heavy atom. The van der Waals surface area contributed by atoms with Gasteiger partial charge < -0.3 is 9.15 Å². The van der Waals surface area contributed by atoms with E-state index < -0.39 is 0 Å². The average Bonchev–Trinajstić information content (AvgIpc) is 3.42. The van der Waals surface area contributed by atoms with E-state index in [1.54, 1.807) is 6.07 Å². The zero-order valence-electron chi connectivity index (χ0n) is 14.8. The van der Waals surface area contributed by atoms with Gasteiger partial charge in [0.2, 0.25) is 0 Å². The summed E-state index contributed by atoms with van der Waals surface area (Å²) in [5, 5.41) is 0.899. The molecule has 1 fully saturated rings. The van der Waals surface area contributed by atoms with E-state index in [0.717, 1.165) is 34.1 Å². The Hall–Kier alpha value is -2.88. The molecular formula is C22H20O4. The first-order valence-corrected chi connectivity index (χ1v) is 8.89.